The van der Waals surface area contributed by atoms with E-state index in [1.807, 2.05) is 6.92 Å². The second-order valence-electron chi connectivity index (χ2n) is 5.68. The van der Waals surface area contributed by atoms with E-state index in [-0.39, 0.29) is 11.5 Å². The van der Waals surface area contributed by atoms with Crippen LogP contribution in [0.2, 0.25) is 0 Å². The van der Waals surface area contributed by atoms with Crippen molar-refractivity contribution < 1.29 is 22.5 Å². The molecule has 0 unspecified atom stereocenters. The molecule has 21 heavy (non-hydrogen) atoms. The summed E-state index contributed by atoms with van der Waals surface area (Å²) >= 11 is 0. The van der Waals surface area contributed by atoms with Crippen LogP contribution in [0.5, 0.6) is 0 Å². The molecule has 6 heteroatoms. The van der Waals surface area contributed by atoms with E-state index in [9.17, 15) is 18.3 Å². The Hall–Kier alpha value is -1.40. The molecule has 2 rings (SSSR count). The van der Waals surface area contributed by atoms with Gasteiger partial charge in [0.1, 0.15) is 0 Å². The Kier molecular flexibility index (Phi) is 4.68. The van der Waals surface area contributed by atoms with Crippen LogP contribution < -0.4 is 0 Å². The minimum atomic E-state index is -3.91. The summed E-state index contributed by atoms with van der Waals surface area (Å²) in [5.74, 6) is -0.971. The summed E-state index contributed by atoms with van der Waals surface area (Å²) in [4.78, 5) is 11.6. The topological polar surface area (TPSA) is 80.7 Å². The lowest BCUT2D eigenvalue weighted by Gasteiger charge is -2.32. The molecule has 1 aliphatic carbocycles. The minimum absolute atomic E-state index is 0.0597. The number of benzene rings is 1. The number of hydrogen-bond donors (Lipinski definition) is 1. The van der Waals surface area contributed by atoms with E-state index in [0.717, 1.165) is 24.8 Å². The van der Waals surface area contributed by atoms with Crippen LogP contribution in [0.25, 0.3) is 0 Å². The fourth-order valence-corrected chi connectivity index (χ4v) is 3.60. The molecule has 1 fully saturated rings. The molecule has 1 aromatic rings. The van der Waals surface area contributed by atoms with Crippen LogP contribution in [0.1, 0.15) is 37.7 Å². The van der Waals surface area contributed by atoms with Gasteiger partial charge in [0.05, 0.1) is 16.9 Å². The van der Waals surface area contributed by atoms with Crippen molar-refractivity contribution in [3.05, 3.63) is 29.8 Å². The molecule has 1 aromatic carbocycles. The van der Waals surface area contributed by atoms with Crippen LogP contribution in [-0.2, 0) is 19.1 Å². The molecule has 0 aromatic heterocycles. The fraction of sp³-hybridized carbons (Fsp3) is 0.533. The van der Waals surface area contributed by atoms with Crippen LogP contribution >= 0.6 is 0 Å². The SMILES string of the molecule is Cc1ccc(S(=O)(=O)OCC2(C(=O)O)CCCCC2)cc1. The zero-order chi connectivity index (χ0) is 15.5. The summed E-state index contributed by atoms with van der Waals surface area (Å²) in [5.41, 5.74) is -0.126. The van der Waals surface area contributed by atoms with Gasteiger partial charge >= 0.3 is 5.97 Å². The summed E-state index contributed by atoms with van der Waals surface area (Å²) in [6.45, 7) is 1.57. The van der Waals surface area contributed by atoms with Gasteiger partial charge in [-0.25, -0.2) is 0 Å². The maximum atomic E-state index is 12.1. The molecule has 0 spiro atoms. The minimum Gasteiger partial charge on any atom is -0.481 e. The highest BCUT2D eigenvalue weighted by Crippen LogP contribution is 2.37. The normalized spacial score (nSPS) is 18.3. The van der Waals surface area contributed by atoms with Gasteiger partial charge in [0.2, 0.25) is 0 Å². The van der Waals surface area contributed by atoms with Gasteiger partial charge in [0, 0.05) is 0 Å². The number of aryl methyl sites for hydroxylation is 1. The van der Waals surface area contributed by atoms with Crippen LogP contribution in [0, 0.1) is 12.3 Å². The van der Waals surface area contributed by atoms with E-state index >= 15 is 0 Å². The summed E-state index contributed by atoms with van der Waals surface area (Å²) in [6, 6.07) is 6.31. The van der Waals surface area contributed by atoms with E-state index in [1.165, 1.54) is 12.1 Å². The highest BCUT2D eigenvalue weighted by atomic mass is 32.2. The molecular formula is C15H20O5S. The Labute approximate surface area is 125 Å². The number of rotatable bonds is 5. The van der Waals surface area contributed by atoms with Crippen molar-refractivity contribution >= 4 is 16.1 Å². The third kappa shape index (κ3) is 3.63. The third-order valence-corrected chi connectivity index (χ3v) is 5.34. The molecule has 0 amide bonds. The van der Waals surface area contributed by atoms with E-state index < -0.39 is 21.5 Å². The molecule has 0 saturated heterocycles. The number of carboxylic acids is 1. The predicted octanol–water partition coefficient (Wildman–Crippen LogP) is 2.74. The first kappa shape index (κ1) is 16.0. The summed E-state index contributed by atoms with van der Waals surface area (Å²) < 4.78 is 29.3. The molecule has 5 nitrogen and oxygen atoms in total. The van der Waals surface area contributed by atoms with Gasteiger partial charge < -0.3 is 5.11 Å². The molecule has 0 aliphatic heterocycles. The van der Waals surface area contributed by atoms with Crippen molar-refractivity contribution in [2.45, 2.75) is 43.9 Å². The molecule has 0 heterocycles. The molecule has 1 aliphatic rings. The van der Waals surface area contributed by atoms with Gasteiger partial charge in [0.25, 0.3) is 10.1 Å². The average Bonchev–Trinajstić information content (AvgIpc) is 2.46. The van der Waals surface area contributed by atoms with Crippen LogP contribution in [0.3, 0.4) is 0 Å². The van der Waals surface area contributed by atoms with E-state index in [0.29, 0.717) is 12.8 Å². The van der Waals surface area contributed by atoms with Gasteiger partial charge in [-0.05, 0) is 31.9 Å². The second kappa shape index (κ2) is 6.15. The Morgan fingerprint density at radius 1 is 1.19 bits per heavy atom. The molecule has 1 N–H and O–H groups in total. The Bertz CT molecular complexity index is 597. The van der Waals surface area contributed by atoms with Crippen molar-refractivity contribution in [2.24, 2.45) is 5.41 Å². The first-order chi connectivity index (χ1) is 9.86. The highest BCUT2D eigenvalue weighted by Gasteiger charge is 2.41. The van der Waals surface area contributed by atoms with E-state index in [1.54, 1.807) is 12.1 Å². The third-order valence-electron chi connectivity index (χ3n) is 4.06. The molecule has 0 radical (unpaired) electrons. The van der Waals surface area contributed by atoms with Gasteiger partial charge in [-0.2, -0.15) is 8.42 Å². The standard InChI is InChI=1S/C15H20O5S/c1-12-5-7-13(8-6-12)21(18,19)20-11-15(14(16)17)9-3-2-4-10-15/h5-8H,2-4,9-11H2,1H3,(H,16,17). The highest BCUT2D eigenvalue weighted by molar-refractivity contribution is 7.86. The van der Waals surface area contributed by atoms with Crippen molar-refractivity contribution in [1.29, 1.82) is 0 Å². The lowest BCUT2D eigenvalue weighted by Crippen LogP contribution is -2.38. The smallest absolute Gasteiger partial charge is 0.312 e. The first-order valence-corrected chi connectivity index (χ1v) is 8.46. The molecule has 1 saturated carbocycles. The summed E-state index contributed by atoms with van der Waals surface area (Å²) in [7, 11) is -3.91. The van der Waals surface area contributed by atoms with Crippen molar-refractivity contribution in [1.82, 2.24) is 0 Å². The van der Waals surface area contributed by atoms with E-state index in [4.69, 9.17) is 4.18 Å². The number of carboxylic acid groups (broad SMARTS) is 1. The van der Waals surface area contributed by atoms with Crippen molar-refractivity contribution in [3.8, 4) is 0 Å². The molecule has 0 atom stereocenters. The van der Waals surface area contributed by atoms with Crippen LogP contribution in [-0.4, -0.2) is 26.1 Å². The molecule has 116 valence electrons. The Balaban J connectivity index is 2.13. The van der Waals surface area contributed by atoms with E-state index in [2.05, 4.69) is 0 Å². The van der Waals surface area contributed by atoms with Gasteiger partial charge in [-0.3, -0.25) is 8.98 Å². The second-order valence-corrected chi connectivity index (χ2v) is 7.29. The lowest BCUT2D eigenvalue weighted by molar-refractivity contribution is -0.153. The maximum absolute atomic E-state index is 12.1. The van der Waals surface area contributed by atoms with Crippen molar-refractivity contribution in [3.63, 3.8) is 0 Å². The Morgan fingerprint density at radius 3 is 2.29 bits per heavy atom. The van der Waals surface area contributed by atoms with Crippen LogP contribution in [0.4, 0.5) is 0 Å². The van der Waals surface area contributed by atoms with Crippen LogP contribution in [0.15, 0.2) is 29.2 Å². The largest absolute Gasteiger partial charge is 0.481 e. The number of aliphatic carboxylic acids is 1. The average molecular weight is 312 g/mol. The van der Waals surface area contributed by atoms with Gasteiger partial charge in [0.15, 0.2) is 0 Å². The van der Waals surface area contributed by atoms with Gasteiger partial charge in [-0.15, -0.1) is 0 Å². The maximum Gasteiger partial charge on any atom is 0.312 e. The number of hydrogen-bond acceptors (Lipinski definition) is 4. The number of carbonyl (C=O) groups is 1. The molecule has 0 bridgehead atoms. The van der Waals surface area contributed by atoms with Crippen molar-refractivity contribution in [2.75, 3.05) is 6.61 Å². The van der Waals surface area contributed by atoms with Gasteiger partial charge in [-0.1, -0.05) is 37.0 Å². The monoisotopic (exact) mass is 312 g/mol. The Morgan fingerprint density at radius 2 is 1.76 bits per heavy atom. The zero-order valence-corrected chi connectivity index (χ0v) is 12.9. The predicted molar refractivity (Wildman–Crippen MR) is 77.5 cm³/mol. The molecular weight excluding hydrogens is 292 g/mol. The summed E-state index contributed by atoms with van der Waals surface area (Å²) in [6.07, 6.45) is 3.50. The summed E-state index contributed by atoms with van der Waals surface area (Å²) in [5, 5.41) is 9.42. The fourth-order valence-electron chi connectivity index (χ4n) is 2.61. The lowest BCUT2D eigenvalue weighted by atomic mass is 9.75. The quantitative estimate of drug-likeness (QED) is 0.846. The zero-order valence-electron chi connectivity index (χ0n) is 12.0. The first-order valence-electron chi connectivity index (χ1n) is 7.05.